The molecular formula is C14H23N3O. The summed E-state index contributed by atoms with van der Waals surface area (Å²) in [7, 11) is 1.80. The zero-order valence-corrected chi connectivity index (χ0v) is 11.1. The van der Waals surface area contributed by atoms with Crippen LogP contribution in [-0.4, -0.2) is 29.0 Å². The zero-order valence-electron chi connectivity index (χ0n) is 11.1. The Bertz CT molecular complexity index is 378. The standard InChI is InChI=1S/C14H23N3O/c1-18-14-8-12(9-14)15-10-11-6-7-17(16-11)13-4-2-3-5-13/h6-7,12-15H,2-5,8-10H2,1H3. The van der Waals surface area contributed by atoms with Crippen molar-refractivity contribution in [1.82, 2.24) is 15.1 Å². The first-order valence-electron chi connectivity index (χ1n) is 7.15. The summed E-state index contributed by atoms with van der Waals surface area (Å²) < 4.78 is 7.45. The Morgan fingerprint density at radius 2 is 2.17 bits per heavy atom. The maximum absolute atomic E-state index is 5.28. The van der Waals surface area contributed by atoms with Crippen molar-refractivity contribution in [3.8, 4) is 0 Å². The van der Waals surface area contributed by atoms with E-state index < -0.39 is 0 Å². The van der Waals surface area contributed by atoms with Gasteiger partial charge in [0.1, 0.15) is 0 Å². The minimum Gasteiger partial charge on any atom is -0.381 e. The van der Waals surface area contributed by atoms with E-state index in [1.165, 1.54) is 31.4 Å². The van der Waals surface area contributed by atoms with Gasteiger partial charge in [-0.3, -0.25) is 4.68 Å². The molecule has 100 valence electrons. The number of methoxy groups -OCH3 is 1. The van der Waals surface area contributed by atoms with E-state index in [9.17, 15) is 0 Å². The predicted molar refractivity (Wildman–Crippen MR) is 70.4 cm³/mol. The molecule has 0 aliphatic heterocycles. The first kappa shape index (κ1) is 12.2. The summed E-state index contributed by atoms with van der Waals surface area (Å²) >= 11 is 0. The monoisotopic (exact) mass is 249 g/mol. The van der Waals surface area contributed by atoms with E-state index in [0.717, 1.165) is 19.4 Å². The van der Waals surface area contributed by atoms with Gasteiger partial charge in [-0.2, -0.15) is 5.10 Å². The van der Waals surface area contributed by atoms with Crippen LogP contribution in [0.2, 0.25) is 0 Å². The van der Waals surface area contributed by atoms with Crippen LogP contribution in [0.15, 0.2) is 12.3 Å². The fraction of sp³-hybridized carbons (Fsp3) is 0.786. The largest absolute Gasteiger partial charge is 0.381 e. The molecule has 3 rings (SSSR count). The third kappa shape index (κ3) is 2.59. The van der Waals surface area contributed by atoms with Crippen molar-refractivity contribution in [2.75, 3.05) is 7.11 Å². The van der Waals surface area contributed by atoms with Gasteiger partial charge in [-0.1, -0.05) is 12.8 Å². The van der Waals surface area contributed by atoms with E-state index in [4.69, 9.17) is 4.74 Å². The van der Waals surface area contributed by atoms with Crippen molar-refractivity contribution in [3.05, 3.63) is 18.0 Å². The van der Waals surface area contributed by atoms with Crippen LogP contribution in [-0.2, 0) is 11.3 Å². The van der Waals surface area contributed by atoms with Crippen LogP contribution in [0.5, 0.6) is 0 Å². The predicted octanol–water partition coefficient (Wildman–Crippen LogP) is 2.27. The fourth-order valence-electron chi connectivity index (χ4n) is 3.02. The van der Waals surface area contributed by atoms with Crippen molar-refractivity contribution in [1.29, 1.82) is 0 Å². The number of ether oxygens (including phenoxy) is 1. The molecule has 1 N–H and O–H groups in total. The quantitative estimate of drug-likeness (QED) is 0.870. The zero-order chi connectivity index (χ0) is 12.4. The molecule has 0 amide bonds. The van der Waals surface area contributed by atoms with Gasteiger partial charge in [-0.15, -0.1) is 0 Å². The number of hydrogen-bond donors (Lipinski definition) is 1. The van der Waals surface area contributed by atoms with Crippen molar-refractivity contribution in [3.63, 3.8) is 0 Å². The maximum atomic E-state index is 5.28. The lowest BCUT2D eigenvalue weighted by Crippen LogP contribution is -2.44. The molecule has 4 heteroatoms. The third-order valence-electron chi connectivity index (χ3n) is 4.36. The number of nitrogens with one attached hydrogen (secondary N) is 1. The topological polar surface area (TPSA) is 39.1 Å². The lowest BCUT2D eigenvalue weighted by Gasteiger charge is -2.34. The van der Waals surface area contributed by atoms with Crippen LogP contribution in [0.25, 0.3) is 0 Å². The normalized spacial score (nSPS) is 28.5. The molecule has 1 aromatic rings. The Balaban J connectivity index is 1.45. The van der Waals surface area contributed by atoms with Crippen molar-refractivity contribution < 1.29 is 4.74 Å². The van der Waals surface area contributed by atoms with Crippen molar-refractivity contribution >= 4 is 0 Å². The summed E-state index contributed by atoms with van der Waals surface area (Å²) in [6.07, 6.45) is 10.2. The first-order chi connectivity index (χ1) is 8.85. The van der Waals surface area contributed by atoms with Crippen LogP contribution in [0.3, 0.4) is 0 Å². The SMILES string of the molecule is COC1CC(NCc2ccn(C3CCCC3)n2)C1. The van der Waals surface area contributed by atoms with Gasteiger partial charge in [0.15, 0.2) is 0 Å². The Hall–Kier alpha value is -0.870. The smallest absolute Gasteiger partial charge is 0.0762 e. The molecule has 2 aliphatic rings. The lowest BCUT2D eigenvalue weighted by molar-refractivity contribution is 0.0169. The molecule has 0 bridgehead atoms. The molecular weight excluding hydrogens is 226 g/mol. The molecule has 2 saturated carbocycles. The van der Waals surface area contributed by atoms with E-state index in [-0.39, 0.29) is 0 Å². The van der Waals surface area contributed by atoms with E-state index in [2.05, 4.69) is 27.4 Å². The second kappa shape index (κ2) is 5.41. The minimum atomic E-state index is 0.471. The van der Waals surface area contributed by atoms with Crippen LogP contribution < -0.4 is 5.32 Å². The third-order valence-corrected chi connectivity index (χ3v) is 4.36. The summed E-state index contributed by atoms with van der Waals surface area (Å²) in [5, 5.41) is 8.23. The molecule has 4 nitrogen and oxygen atoms in total. The van der Waals surface area contributed by atoms with Crippen LogP contribution in [0.1, 0.15) is 50.3 Å². The molecule has 0 saturated heterocycles. The van der Waals surface area contributed by atoms with Crippen molar-refractivity contribution in [2.45, 2.75) is 63.3 Å². The van der Waals surface area contributed by atoms with Gasteiger partial charge in [0.05, 0.1) is 17.8 Å². The Morgan fingerprint density at radius 3 is 2.89 bits per heavy atom. The summed E-state index contributed by atoms with van der Waals surface area (Å²) in [6.45, 7) is 0.890. The average Bonchev–Trinajstić information content (AvgIpc) is 2.97. The maximum Gasteiger partial charge on any atom is 0.0762 e. The van der Waals surface area contributed by atoms with Crippen LogP contribution in [0.4, 0.5) is 0 Å². The molecule has 1 aromatic heterocycles. The number of rotatable bonds is 5. The lowest BCUT2D eigenvalue weighted by atomic mass is 9.89. The molecule has 0 unspecified atom stereocenters. The molecule has 18 heavy (non-hydrogen) atoms. The molecule has 0 atom stereocenters. The first-order valence-corrected chi connectivity index (χ1v) is 7.15. The van der Waals surface area contributed by atoms with Gasteiger partial charge < -0.3 is 10.1 Å². The summed E-state index contributed by atoms with van der Waals surface area (Å²) in [4.78, 5) is 0. The highest BCUT2D eigenvalue weighted by atomic mass is 16.5. The molecule has 1 heterocycles. The molecule has 0 aromatic carbocycles. The molecule has 0 radical (unpaired) electrons. The van der Waals surface area contributed by atoms with Gasteiger partial charge in [0, 0.05) is 25.9 Å². The van der Waals surface area contributed by atoms with Gasteiger partial charge in [0.2, 0.25) is 0 Å². The van der Waals surface area contributed by atoms with E-state index >= 15 is 0 Å². The second-order valence-electron chi connectivity index (χ2n) is 5.63. The number of nitrogens with zero attached hydrogens (tertiary/aromatic N) is 2. The highest BCUT2D eigenvalue weighted by molar-refractivity contribution is 5.01. The fourth-order valence-corrected chi connectivity index (χ4v) is 3.02. The van der Waals surface area contributed by atoms with Crippen molar-refractivity contribution in [2.24, 2.45) is 0 Å². The Morgan fingerprint density at radius 1 is 1.39 bits per heavy atom. The highest BCUT2D eigenvalue weighted by Crippen LogP contribution is 2.28. The molecule has 0 spiro atoms. The van der Waals surface area contributed by atoms with Crippen LogP contribution in [0, 0.1) is 0 Å². The van der Waals surface area contributed by atoms with E-state index in [0.29, 0.717) is 18.2 Å². The summed E-state index contributed by atoms with van der Waals surface area (Å²) in [5.41, 5.74) is 1.17. The van der Waals surface area contributed by atoms with Gasteiger partial charge in [0.25, 0.3) is 0 Å². The molecule has 2 fully saturated rings. The Labute approximate surface area is 109 Å². The van der Waals surface area contributed by atoms with Gasteiger partial charge >= 0.3 is 0 Å². The van der Waals surface area contributed by atoms with Crippen LogP contribution >= 0.6 is 0 Å². The van der Waals surface area contributed by atoms with Gasteiger partial charge in [-0.25, -0.2) is 0 Å². The van der Waals surface area contributed by atoms with E-state index in [1.807, 2.05) is 0 Å². The highest BCUT2D eigenvalue weighted by Gasteiger charge is 2.28. The van der Waals surface area contributed by atoms with Gasteiger partial charge in [-0.05, 0) is 31.7 Å². The summed E-state index contributed by atoms with van der Waals surface area (Å²) in [6, 6.07) is 3.42. The second-order valence-corrected chi connectivity index (χ2v) is 5.63. The number of hydrogen-bond acceptors (Lipinski definition) is 3. The van der Waals surface area contributed by atoms with E-state index in [1.54, 1.807) is 7.11 Å². The average molecular weight is 249 g/mol. The molecule has 2 aliphatic carbocycles. The summed E-state index contributed by atoms with van der Waals surface area (Å²) in [5.74, 6) is 0. The minimum absolute atomic E-state index is 0.471. The Kier molecular flexibility index (Phi) is 3.66. The number of aromatic nitrogens is 2.